The lowest BCUT2D eigenvalue weighted by Crippen LogP contribution is -2.52. The van der Waals surface area contributed by atoms with E-state index in [9.17, 15) is 5.11 Å². The molecule has 3 fully saturated rings. The molecule has 0 bridgehead atoms. The SMILES string of the molecule is CC(C)=CCC[C@@H](C)[C@H]1CC[C@H]2C3=CC[C@H]4[C@H](C)[C@@H](O)CC[C@]4(C)[C@H]3CC[C@]12C. The monoisotopic (exact) mass is 398 g/mol. The van der Waals surface area contributed by atoms with Crippen LogP contribution < -0.4 is 0 Å². The molecule has 0 heterocycles. The predicted molar refractivity (Wildman–Crippen MR) is 124 cm³/mol. The summed E-state index contributed by atoms with van der Waals surface area (Å²) >= 11 is 0. The van der Waals surface area contributed by atoms with Crippen molar-refractivity contribution in [1.29, 1.82) is 0 Å². The van der Waals surface area contributed by atoms with E-state index in [0.717, 1.165) is 30.1 Å². The van der Waals surface area contributed by atoms with Gasteiger partial charge in [-0.1, -0.05) is 51.0 Å². The van der Waals surface area contributed by atoms with Crippen molar-refractivity contribution in [3.8, 4) is 0 Å². The maximum atomic E-state index is 10.5. The summed E-state index contributed by atoms with van der Waals surface area (Å²) in [6.45, 7) is 14.6. The molecule has 3 saturated carbocycles. The van der Waals surface area contributed by atoms with Crippen molar-refractivity contribution in [1.82, 2.24) is 0 Å². The minimum absolute atomic E-state index is 0.0746. The molecule has 0 amide bonds. The molecule has 0 spiro atoms. The maximum Gasteiger partial charge on any atom is 0.0568 e. The molecule has 4 rings (SSSR count). The van der Waals surface area contributed by atoms with E-state index >= 15 is 0 Å². The second-order valence-corrected chi connectivity index (χ2v) is 12.2. The summed E-state index contributed by atoms with van der Waals surface area (Å²) in [4.78, 5) is 0. The van der Waals surface area contributed by atoms with Crippen LogP contribution in [-0.2, 0) is 0 Å². The Labute approximate surface area is 180 Å². The molecule has 1 heteroatoms. The van der Waals surface area contributed by atoms with Crippen LogP contribution in [0.15, 0.2) is 23.3 Å². The number of aliphatic hydroxyl groups is 1. The van der Waals surface area contributed by atoms with Crippen LogP contribution >= 0.6 is 0 Å². The van der Waals surface area contributed by atoms with Crippen molar-refractivity contribution in [2.75, 3.05) is 0 Å². The van der Waals surface area contributed by atoms with Gasteiger partial charge in [0.25, 0.3) is 0 Å². The summed E-state index contributed by atoms with van der Waals surface area (Å²) in [5, 5.41) is 10.5. The third kappa shape index (κ3) is 3.48. The Balaban J connectivity index is 1.54. The van der Waals surface area contributed by atoms with Crippen molar-refractivity contribution >= 4 is 0 Å². The molecule has 0 aromatic rings. The number of rotatable bonds is 4. The van der Waals surface area contributed by atoms with E-state index in [1.165, 1.54) is 56.9 Å². The van der Waals surface area contributed by atoms with E-state index in [1.807, 2.05) is 5.57 Å². The van der Waals surface area contributed by atoms with Gasteiger partial charge in [0.15, 0.2) is 0 Å². The molecule has 0 radical (unpaired) electrons. The largest absolute Gasteiger partial charge is 0.393 e. The molecule has 0 unspecified atom stereocenters. The van der Waals surface area contributed by atoms with Gasteiger partial charge in [-0.05, 0) is 118 Å². The average Bonchev–Trinajstić information content (AvgIpc) is 3.02. The van der Waals surface area contributed by atoms with Crippen LogP contribution in [0.2, 0.25) is 0 Å². The molecule has 1 nitrogen and oxygen atoms in total. The first kappa shape index (κ1) is 21.7. The fourth-order valence-corrected chi connectivity index (χ4v) is 8.76. The first-order chi connectivity index (χ1) is 13.7. The molecule has 29 heavy (non-hydrogen) atoms. The Morgan fingerprint density at radius 1 is 1.10 bits per heavy atom. The van der Waals surface area contributed by atoms with Crippen molar-refractivity contribution < 1.29 is 5.11 Å². The van der Waals surface area contributed by atoms with E-state index in [1.54, 1.807) is 0 Å². The summed E-state index contributed by atoms with van der Waals surface area (Å²) in [6.07, 6.45) is 16.8. The van der Waals surface area contributed by atoms with Gasteiger partial charge in [0, 0.05) is 0 Å². The van der Waals surface area contributed by atoms with Crippen LogP contribution in [0.3, 0.4) is 0 Å². The minimum atomic E-state index is -0.0746. The van der Waals surface area contributed by atoms with Crippen LogP contribution in [-0.4, -0.2) is 11.2 Å². The molecule has 4 aliphatic carbocycles. The van der Waals surface area contributed by atoms with Gasteiger partial charge < -0.3 is 5.11 Å². The lowest BCUT2D eigenvalue weighted by atomic mass is 9.46. The number of allylic oxidation sites excluding steroid dienone is 4. The molecular weight excluding hydrogens is 352 g/mol. The zero-order valence-corrected chi connectivity index (χ0v) is 20.0. The topological polar surface area (TPSA) is 20.2 Å². The average molecular weight is 399 g/mol. The molecular formula is C28H46O. The Kier molecular flexibility index (Phi) is 5.86. The number of fused-ring (bicyclic) bond motifs is 5. The first-order valence-electron chi connectivity index (χ1n) is 12.7. The van der Waals surface area contributed by atoms with Gasteiger partial charge in [0.05, 0.1) is 6.10 Å². The van der Waals surface area contributed by atoms with Gasteiger partial charge in [-0.15, -0.1) is 0 Å². The smallest absolute Gasteiger partial charge is 0.0568 e. The van der Waals surface area contributed by atoms with Gasteiger partial charge in [-0.3, -0.25) is 0 Å². The van der Waals surface area contributed by atoms with Crippen LogP contribution in [0.1, 0.15) is 99.3 Å². The Morgan fingerprint density at radius 2 is 1.79 bits per heavy atom. The minimum Gasteiger partial charge on any atom is -0.393 e. The van der Waals surface area contributed by atoms with Crippen LogP contribution in [0.4, 0.5) is 0 Å². The van der Waals surface area contributed by atoms with Gasteiger partial charge >= 0.3 is 0 Å². The molecule has 0 aromatic carbocycles. The summed E-state index contributed by atoms with van der Waals surface area (Å²) in [5.74, 6) is 4.51. The zero-order chi connectivity index (χ0) is 21.0. The summed E-state index contributed by atoms with van der Waals surface area (Å²) in [5.41, 5.74) is 4.28. The van der Waals surface area contributed by atoms with Gasteiger partial charge in [0.1, 0.15) is 0 Å². The van der Waals surface area contributed by atoms with Crippen molar-refractivity contribution in [3.63, 3.8) is 0 Å². The molecule has 1 N–H and O–H groups in total. The molecule has 9 atom stereocenters. The van der Waals surface area contributed by atoms with Gasteiger partial charge in [-0.2, -0.15) is 0 Å². The fraction of sp³-hybridized carbons (Fsp3) is 0.857. The van der Waals surface area contributed by atoms with Crippen molar-refractivity contribution in [3.05, 3.63) is 23.3 Å². The number of hydrogen-bond donors (Lipinski definition) is 1. The van der Waals surface area contributed by atoms with E-state index in [0.29, 0.717) is 22.7 Å². The Bertz CT molecular complexity index is 670. The second-order valence-electron chi connectivity index (χ2n) is 12.2. The third-order valence-corrected chi connectivity index (χ3v) is 10.5. The highest BCUT2D eigenvalue weighted by Gasteiger charge is 2.59. The van der Waals surface area contributed by atoms with E-state index in [2.05, 4.69) is 53.7 Å². The second kappa shape index (κ2) is 7.85. The first-order valence-corrected chi connectivity index (χ1v) is 12.7. The van der Waals surface area contributed by atoms with E-state index in [4.69, 9.17) is 0 Å². The normalized spacial score (nSPS) is 47.5. The molecule has 4 aliphatic rings. The van der Waals surface area contributed by atoms with Gasteiger partial charge in [-0.25, -0.2) is 0 Å². The summed E-state index contributed by atoms with van der Waals surface area (Å²) in [7, 11) is 0. The maximum absolute atomic E-state index is 10.5. The highest BCUT2D eigenvalue weighted by Crippen LogP contribution is 2.67. The van der Waals surface area contributed by atoms with Crippen molar-refractivity contribution in [2.45, 2.75) is 105 Å². The highest BCUT2D eigenvalue weighted by atomic mass is 16.3. The Hall–Kier alpha value is -0.560. The van der Waals surface area contributed by atoms with Gasteiger partial charge in [0.2, 0.25) is 0 Å². The molecule has 0 saturated heterocycles. The van der Waals surface area contributed by atoms with Crippen molar-refractivity contribution in [2.24, 2.45) is 46.3 Å². The number of aliphatic hydroxyl groups excluding tert-OH is 1. The molecule has 0 aliphatic heterocycles. The van der Waals surface area contributed by atoms with Crippen LogP contribution in [0.5, 0.6) is 0 Å². The predicted octanol–water partition coefficient (Wildman–Crippen LogP) is 7.55. The van der Waals surface area contributed by atoms with Crippen LogP contribution in [0, 0.1) is 46.3 Å². The molecule has 0 aromatic heterocycles. The summed E-state index contributed by atoms with van der Waals surface area (Å²) < 4.78 is 0. The summed E-state index contributed by atoms with van der Waals surface area (Å²) in [6, 6.07) is 0. The number of hydrogen-bond acceptors (Lipinski definition) is 1. The van der Waals surface area contributed by atoms with Crippen LogP contribution in [0.25, 0.3) is 0 Å². The highest BCUT2D eigenvalue weighted by molar-refractivity contribution is 5.28. The standard InChI is InChI=1S/C28H46O/c1-18(2)8-7-9-19(3)22-12-13-24-21-10-11-23-20(4)26(29)15-17-28(23,6)25(21)14-16-27(22,24)5/h8,10,19-20,22-26,29H,7,9,11-17H2,1-6H3/t19-,20+,22-,23+,24+,25+,26+,27-,28+/m1/s1. The lowest BCUT2D eigenvalue weighted by molar-refractivity contribution is -0.0773. The van der Waals surface area contributed by atoms with E-state index < -0.39 is 0 Å². The zero-order valence-electron chi connectivity index (χ0n) is 20.0. The fourth-order valence-electron chi connectivity index (χ4n) is 8.76. The quantitative estimate of drug-likeness (QED) is 0.484. The third-order valence-electron chi connectivity index (χ3n) is 10.5. The Morgan fingerprint density at radius 3 is 2.52 bits per heavy atom. The van der Waals surface area contributed by atoms with E-state index in [-0.39, 0.29) is 6.10 Å². The lowest BCUT2D eigenvalue weighted by Gasteiger charge is -2.59. The molecule has 164 valence electrons.